The van der Waals surface area contributed by atoms with Crippen LogP contribution in [-0.4, -0.2) is 0 Å². The molecule has 0 fully saturated rings. The van der Waals surface area contributed by atoms with Gasteiger partial charge in [0.25, 0.3) is 0 Å². The number of hydrogen-bond acceptors (Lipinski definition) is 3. The Morgan fingerprint density at radius 1 is 0.449 bits per heavy atom. The first-order chi connectivity index (χ1) is 24.3. The van der Waals surface area contributed by atoms with Gasteiger partial charge in [0.1, 0.15) is 11.2 Å². The molecule has 2 aromatic heterocycles. The normalized spacial score (nSPS) is 11.7. The van der Waals surface area contributed by atoms with Crippen LogP contribution in [0.3, 0.4) is 0 Å². The molecule has 8 aromatic carbocycles. The summed E-state index contributed by atoms with van der Waals surface area (Å²) in [5.74, 6) is 0. The van der Waals surface area contributed by atoms with E-state index in [1.165, 1.54) is 47.9 Å². The van der Waals surface area contributed by atoms with E-state index in [0.29, 0.717) is 0 Å². The van der Waals surface area contributed by atoms with Gasteiger partial charge in [0.2, 0.25) is 0 Å². The Morgan fingerprint density at radius 2 is 1.18 bits per heavy atom. The van der Waals surface area contributed by atoms with E-state index in [0.717, 1.165) is 44.3 Å². The Kier molecular flexibility index (Phi) is 6.39. The summed E-state index contributed by atoms with van der Waals surface area (Å²) >= 11 is 1.86. The van der Waals surface area contributed by atoms with Crippen LogP contribution in [0.2, 0.25) is 0 Å². The second-order valence-electron chi connectivity index (χ2n) is 12.5. The Morgan fingerprint density at radius 3 is 2.08 bits per heavy atom. The number of thiophene rings is 1. The van der Waals surface area contributed by atoms with Gasteiger partial charge in [-0.1, -0.05) is 127 Å². The van der Waals surface area contributed by atoms with Gasteiger partial charge in [-0.3, -0.25) is 0 Å². The van der Waals surface area contributed by atoms with Crippen LogP contribution >= 0.6 is 11.3 Å². The van der Waals surface area contributed by atoms with Crippen LogP contribution in [0.25, 0.3) is 75.1 Å². The quantitative estimate of drug-likeness (QED) is 0.186. The molecular weight excluding hydrogens is 615 g/mol. The maximum absolute atomic E-state index is 6.51. The van der Waals surface area contributed by atoms with Crippen LogP contribution in [0.5, 0.6) is 0 Å². The van der Waals surface area contributed by atoms with Gasteiger partial charge in [0.15, 0.2) is 0 Å². The summed E-state index contributed by atoms with van der Waals surface area (Å²) in [5.41, 5.74) is 9.96. The van der Waals surface area contributed by atoms with Crippen molar-refractivity contribution >= 4 is 81.3 Å². The van der Waals surface area contributed by atoms with Crippen molar-refractivity contribution in [1.29, 1.82) is 0 Å². The number of fused-ring (bicyclic) bond motifs is 8. The third kappa shape index (κ3) is 4.55. The van der Waals surface area contributed by atoms with E-state index in [1.807, 2.05) is 11.3 Å². The number of nitrogens with zero attached hydrogens (tertiary/aromatic N) is 1. The molecule has 0 saturated carbocycles. The average Bonchev–Trinajstić information content (AvgIpc) is 3.75. The van der Waals surface area contributed by atoms with Crippen LogP contribution in [0.4, 0.5) is 17.1 Å². The molecule has 0 atom stereocenters. The molecule has 0 N–H and O–H groups in total. The molecule has 49 heavy (non-hydrogen) atoms. The topological polar surface area (TPSA) is 16.4 Å². The molecule has 10 aromatic rings. The maximum atomic E-state index is 6.51. The zero-order valence-corrected chi connectivity index (χ0v) is 27.3. The van der Waals surface area contributed by atoms with Gasteiger partial charge < -0.3 is 9.32 Å². The van der Waals surface area contributed by atoms with Gasteiger partial charge in [0, 0.05) is 43.0 Å². The minimum absolute atomic E-state index is 0.906. The summed E-state index contributed by atoms with van der Waals surface area (Å²) in [6, 6.07) is 63.1. The van der Waals surface area contributed by atoms with Gasteiger partial charge >= 0.3 is 0 Å². The number of benzene rings is 8. The Labute approximate surface area is 287 Å². The van der Waals surface area contributed by atoms with Crippen LogP contribution < -0.4 is 4.90 Å². The van der Waals surface area contributed by atoms with Crippen LogP contribution in [0.1, 0.15) is 0 Å². The molecule has 0 aliphatic rings. The second-order valence-corrected chi connectivity index (χ2v) is 13.5. The van der Waals surface area contributed by atoms with E-state index >= 15 is 0 Å². The summed E-state index contributed by atoms with van der Waals surface area (Å²) in [4.78, 5) is 2.41. The molecule has 230 valence electrons. The molecule has 0 aliphatic heterocycles. The Hall–Kier alpha value is -6.16. The Balaban J connectivity index is 1.15. The van der Waals surface area contributed by atoms with Crippen molar-refractivity contribution in [2.75, 3.05) is 4.90 Å². The maximum Gasteiger partial charge on any atom is 0.143 e. The van der Waals surface area contributed by atoms with Crippen molar-refractivity contribution in [3.8, 4) is 22.3 Å². The van der Waals surface area contributed by atoms with Crippen molar-refractivity contribution in [2.45, 2.75) is 0 Å². The van der Waals surface area contributed by atoms with Gasteiger partial charge in [-0.05, 0) is 76.2 Å². The van der Waals surface area contributed by atoms with Crippen LogP contribution in [0, 0.1) is 0 Å². The summed E-state index contributed by atoms with van der Waals surface area (Å²) in [6.07, 6.45) is 0. The van der Waals surface area contributed by atoms with Crippen LogP contribution in [-0.2, 0) is 0 Å². The third-order valence-electron chi connectivity index (χ3n) is 9.66. The number of anilines is 3. The zero-order valence-electron chi connectivity index (χ0n) is 26.5. The molecule has 0 unspecified atom stereocenters. The molecule has 10 rings (SSSR count). The van der Waals surface area contributed by atoms with Crippen molar-refractivity contribution in [2.24, 2.45) is 0 Å². The third-order valence-corrected chi connectivity index (χ3v) is 10.9. The van der Waals surface area contributed by atoms with Gasteiger partial charge in [-0.25, -0.2) is 0 Å². The molecule has 2 heterocycles. The fraction of sp³-hybridized carbons (Fsp3) is 0. The Bertz CT molecular complexity index is 2830. The SMILES string of the molecule is c1ccc(-c2cccc(N(c3ccc(-c4cccc5oc6c7ccccc7ccc6c45)cc3)c3cccc4c3sc3ccccc34)c2)cc1. The molecule has 0 saturated heterocycles. The van der Waals surface area contributed by atoms with Crippen molar-refractivity contribution in [3.05, 3.63) is 176 Å². The lowest BCUT2D eigenvalue weighted by Crippen LogP contribution is -2.10. The van der Waals surface area contributed by atoms with E-state index in [1.54, 1.807) is 0 Å². The first-order valence-corrected chi connectivity index (χ1v) is 17.4. The van der Waals surface area contributed by atoms with Crippen molar-refractivity contribution in [3.63, 3.8) is 0 Å². The highest BCUT2D eigenvalue weighted by Gasteiger charge is 2.20. The fourth-order valence-electron chi connectivity index (χ4n) is 7.38. The van der Waals surface area contributed by atoms with E-state index in [4.69, 9.17) is 4.42 Å². The standard InChI is InChI=1S/C46H29NOS/c1-2-11-30(12-3-1)33-14-8-15-35(29-33)47(41-20-9-19-39-38-17-6-7-22-43(38)49-46(39)41)34-26-23-32(24-27-34)36-18-10-21-42-44(36)40-28-25-31-13-4-5-16-37(31)45(40)48-42/h1-29H. The highest BCUT2D eigenvalue weighted by Crippen LogP contribution is 2.46. The molecule has 0 radical (unpaired) electrons. The molecule has 0 aliphatic carbocycles. The lowest BCUT2D eigenvalue weighted by molar-refractivity contribution is 0.673. The number of rotatable bonds is 5. The molecule has 0 amide bonds. The van der Waals surface area contributed by atoms with Gasteiger partial charge in [0.05, 0.1) is 10.4 Å². The van der Waals surface area contributed by atoms with Crippen molar-refractivity contribution in [1.82, 2.24) is 0 Å². The summed E-state index contributed by atoms with van der Waals surface area (Å²) in [7, 11) is 0. The molecule has 0 bridgehead atoms. The molecular formula is C46H29NOS. The highest BCUT2D eigenvalue weighted by molar-refractivity contribution is 7.26. The first-order valence-electron chi connectivity index (χ1n) is 16.6. The minimum atomic E-state index is 0.906. The monoisotopic (exact) mass is 643 g/mol. The van der Waals surface area contributed by atoms with E-state index < -0.39 is 0 Å². The first kappa shape index (κ1) is 27.9. The smallest absolute Gasteiger partial charge is 0.143 e. The predicted octanol–water partition coefficient (Wildman–Crippen LogP) is 13.9. The van der Waals surface area contributed by atoms with Crippen LogP contribution in [0.15, 0.2) is 180 Å². The lowest BCUT2D eigenvalue weighted by atomic mass is 9.98. The number of hydrogen-bond donors (Lipinski definition) is 0. The van der Waals surface area contributed by atoms with E-state index in [9.17, 15) is 0 Å². The second kappa shape index (κ2) is 11.2. The molecule has 2 nitrogen and oxygen atoms in total. The summed E-state index contributed by atoms with van der Waals surface area (Å²) < 4.78 is 9.09. The lowest BCUT2D eigenvalue weighted by Gasteiger charge is -2.27. The summed E-state index contributed by atoms with van der Waals surface area (Å²) in [5, 5.41) is 7.20. The molecule has 3 heteroatoms. The van der Waals surface area contributed by atoms with Gasteiger partial charge in [-0.2, -0.15) is 0 Å². The van der Waals surface area contributed by atoms with Crippen molar-refractivity contribution < 1.29 is 4.42 Å². The van der Waals surface area contributed by atoms with E-state index in [2.05, 4.69) is 181 Å². The summed E-state index contributed by atoms with van der Waals surface area (Å²) in [6.45, 7) is 0. The molecule has 0 spiro atoms. The highest BCUT2D eigenvalue weighted by atomic mass is 32.1. The average molecular weight is 644 g/mol. The van der Waals surface area contributed by atoms with E-state index in [-0.39, 0.29) is 0 Å². The largest absolute Gasteiger partial charge is 0.455 e. The minimum Gasteiger partial charge on any atom is -0.455 e. The zero-order chi connectivity index (χ0) is 32.3. The fourth-order valence-corrected chi connectivity index (χ4v) is 8.58. The van der Waals surface area contributed by atoms with Gasteiger partial charge in [-0.15, -0.1) is 11.3 Å². The number of furan rings is 1. The predicted molar refractivity (Wildman–Crippen MR) is 210 cm³/mol.